The molecule has 0 bridgehead atoms. The highest BCUT2D eigenvalue weighted by atomic mass is 15.3. The number of hydrogen-bond acceptors (Lipinski definition) is 3. The molecule has 2 aromatic heterocycles. The molecule has 2 heterocycles. The average molecular weight is 216 g/mol. The molecule has 2 aromatic rings. The first kappa shape index (κ1) is 10.8. The van der Waals surface area contributed by atoms with E-state index in [0.717, 1.165) is 25.3 Å². The standard InChI is InChI=1S/C12H16N4/c1-2-16-10-11(8-15-16)7-13-9-12-5-3-4-6-14-12/h3-6,8,10,13H,2,7,9H2,1H3. The van der Waals surface area contributed by atoms with Crippen LogP contribution in [0.4, 0.5) is 0 Å². The minimum Gasteiger partial charge on any atom is -0.307 e. The molecule has 0 unspecified atom stereocenters. The Kier molecular flexibility index (Phi) is 3.66. The van der Waals surface area contributed by atoms with E-state index in [2.05, 4.69) is 28.5 Å². The number of aryl methyl sites for hydroxylation is 1. The number of rotatable bonds is 5. The molecule has 0 fully saturated rings. The van der Waals surface area contributed by atoms with Crippen LogP contribution >= 0.6 is 0 Å². The van der Waals surface area contributed by atoms with Crippen LogP contribution in [-0.4, -0.2) is 14.8 Å². The van der Waals surface area contributed by atoms with Crippen LogP contribution < -0.4 is 5.32 Å². The van der Waals surface area contributed by atoms with Gasteiger partial charge < -0.3 is 5.32 Å². The first-order valence-corrected chi connectivity index (χ1v) is 5.50. The maximum absolute atomic E-state index is 4.25. The van der Waals surface area contributed by atoms with Gasteiger partial charge in [-0.25, -0.2) is 0 Å². The van der Waals surface area contributed by atoms with Crippen LogP contribution in [0, 0.1) is 0 Å². The van der Waals surface area contributed by atoms with Gasteiger partial charge in [-0.2, -0.15) is 5.10 Å². The summed E-state index contributed by atoms with van der Waals surface area (Å²) >= 11 is 0. The normalized spacial score (nSPS) is 10.6. The third-order valence-electron chi connectivity index (χ3n) is 2.37. The van der Waals surface area contributed by atoms with Crippen molar-refractivity contribution in [3.63, 3.8) is 0 Å². The SMILES string of the molecule is CCn1cc(CNCc2ccccn2)cn1. The van der Waals surface area contributed by atoms with E-state index < -0.39 is 0 Å². The van der Waals surface area contributed by atoms with Gasteiger partial charge >= 0.3 is 0 Å². The largest absolute Gasteiger partial charge is 0.307 e. The fraction of sp³-hybridized carbons (Fsp3) is 0.333. The minimum absolute atomic E-state index is 0.790. The lowest BCUT2D eigenvalue weighted by atomic mass is 10.3. The van der Waals surface area contributed by atoms with Crippen molar-refractivity contribution < 1.29 is 0 Å². The first-order chi connectivity index (χ1) is 7.88. The summed E-state index contributed by atoms with van der Waals surface area (Å²) in [6, 6.07) is 5.94. The molecule has 0 aliphatic carbocycles. The van der Waals surface area contributed by atoms with Crippen molar-refractivity contribution in [1.82, 2.24) is 20.1 Å². The Bertz CT molecular complexity index is 422. The molecular formula is C12H16N4. The third-order valence-corrected chi connectivity index (χ3v) is 2.37. The maximum Gasteiger partial charge on any atom is 0.0541 e. The van der Waals surface area contributed by atoms with Gasteiger partial charge in [-0.05, 0) is 19.1 Å². The van der Waals surface area contributed by atoms with Crippen molar-refractivity contribution in [2.45, 2.75) is 26.6 Å². The molecular weight excluding hydrogens is 200 g/mol. The van der Waals surface area contributed by atoms with E-state index in [1.807, 2.05) is 35.3 Å². The van der Waals surface area contributed by atoms with Crippen molar-refractivity contribution in [2.75, 3.05) is 0 Å². The lowest BCUT2D eigenvalue weighted by Gasteiger charge is -2.01. The molecule has 84 valence electrons. The Hall–Kier alpha value is -1.68. The van der Waals surface area contributed by atoms with Gasteiger partial charge in [0.25, 0.3) is 0 Å². The highest BCUT2D eigenvalue weighted by Crippen LogP contribution is 1.98. The highest BCUT2D eigenvalue weighted by molar-refractivity contribution is 5.05. The number of nitrogens with one attached hydrogen (secondary N) is 1. The highest BCUT2D eigenvalue weighted by Gasteiger charge is 1.97. The number of aromatic nitrogens is 3. The van der Waals surface area contributed by atoms with Gasteiger partial charge in [-0.3, -0.25) is 9.67 Å². The molecule has 0 saturated carbocycles. The first-order valence-electron chi connectivity index (χ1n) is 5.50. The van der Waals surface area contributed by atoms with Crippen LogP contribution in [0.25, 0.3) is 0 Å². The van der Waals surface area contributed by atoms with Crippen molar-refractivity contribution in [3.8, 4) is 0 Å². The zero-order valence-corrected chi connectivity index (χ0v) is 9.43. The number of hydrogen-bond donors (Lipinski definition) is 1. The fourth-order valence-corrected chi connectivity index (χ4v) is 1.51. The third kappa shape index (κ3) is 2.90. The summed E-state index contributed by atoms with van der Waals surface area (Å²) in [5.74, 6) is 0. The summed E-state index contributed by atoms with van der Waals surface area (Å²) in [6.45, 7) is 4.62. The molecule has 16 heavy (non-hydrogen) atoms. The fourth-order valence-electron chi connectivity index (χ4n) is 1.51. The molecule has 0 aliphatic heterocycles. The predicted octanol–water partition coefficient (Wildman–Crippen LogP) is 1.59. The molecule has 1 N–H and O–H groups in total. The smallest absolute Gasteiger partial charge is 0.0541 e. The number of pyridine rings is 1. The zero-order valence-electron chi connectivity index (χ0n) is 9.43. The summed E-state index contributed by atoms with van der Waals surface area (Å²) in [7, 11) is 0. The summed E-state index contributed by atoms with van der Waals surface area (Å²) in [6.07, 6.45) is 5.77. The van der Waals surface area contributed by atoms with Gasteiger partial charge in [0.05, 0.1) is 11.9 Å². The van der Waals surface area contributed by atoms with Crippen LogP contribution in [0.3, 0.4) is 0 Å². The molecule has 2 rings (SSSR count). The van der Waals surface area contributed by atoms with Gasteiger partial charge in [0.15, 0.2) is 0 Å². The van der Waals surface area contributed by atoms with Crippen LogP contribution in [-0.2, 0) is 19.6 Å². The summed E-state index contributed by atoms with van der Waals surface area (Å²) in [5.41, 5.74) is 2.27. The van der Waals surface area contributed by atoms with E-state index in [0.29, 0.717) is 0 Å². The lowest BCUT2D eigenvalue weighted by Crippen LogP contribution is -2.13. The van der Waals surface area contributed by atoms with E-state index >= 15 is 0 Å². The van der Waals surface area contributed by atoms with Crippen molar-refractivity contribution in [1.29, 1.82) is 0 Å². The second kappa shape index (κ2) is 5.42. The summed E-state index contributed by atoms with van der Waals surface area (Å²) < 4.78 is 1.93. The van der Waals surface area contributed by atoms with Crippen LogP contribution in [0.15, 0.2) is 36.8 Å². The monoisotopic (exact) mass is 216 g/mol. The minimum atomic E-state index is 0.790. The van der Waals surface area contributed by atoms with Gasteiger partial charge in [0, 0.05) is 37.6 Å². The Morgan fingerprint density at radius 2 is 2.25 bits per heavy atom. The van der Waals surface area contributed by atoms with Gasteiger partial charge in [-0.1, -0.05) is 6.07 Å². The van der Waals surface area contributed by atoms with Gasteiger partial charge in [0.1, 0.15) is 0 Å². The molecule has 0 radical (unpaired) electrons. The van der Waals surface area contributed by atoms with Gasteiger partial charge in [-0.15, -0.1) is 0 Å². The molecule has 0 aliphatic rings. The molecule has 0 spiro atoms. The molecule has 0 amide bonds. The van der Waals surface area contributed by atoms with E-state index in [9.17, 15) is 0 Å². The molecule has 0 saturated heterocycles. The molecule has 0 aromatic carbocycles. The van der Waals surface area contributed by atoms with Crippen LogP contribution in [0.5, 0.6) is 0 Å². The Morgan fingerprint density at radius 3 is 2.94 bits per heavy atom. The number of nitrogens with zero attached hydrogens (tertiary/aromatic N) is 3. The van der Waals surface area contributed by atoms with Crippen LogP contribution in [0.1, 0.15) is 18.2 Å². The van der Waals surface area contributed by atoms with E-state index in [1.54, 1.807) is 0 Å². The zero-order chi connectivity index (χ0) is 11.2. The van der Waals surface area contributed by atoms with Crippen molar-refractivity contribution >= 4 is 0 Å². The Balaban J connectivity index is 1.80. The second-order valence-corrected chi connectivity index (χ2v) is 3.63. The van der Waals surface area contributed by atoms with Crippen molar-refractivity contribution in [3.05, 3.63) is 48.0 Å². The molecule has 4 heteroatoms. The van der Waals surface area contributed by atoms with E-state index in [4.69, 9.17) is 0 Å². The van der Waals surface area contributed by atoms with Crippen LogP contribution in [0.2, 0.25) is 0 Å². The van der Waals surface area contributed by atoms with Crippen molar-refractivity contribution in [2.24, 2.45) is 0 Å². The Morgan fingerprint density at radius 1 is 1.31 bits per heavy atom. The lowest BCUT2D eigenvalue weighted by molar-refractivity contribution is 0.654. The second-order valence-electron chi connectivity index (χ2n) is 3.63. The van der Waals surface area contributed by atoms with Gasteiger partial charge in [0.2, 0.25) is 0 Å². The topological polar surface area (TPSA) is 42.7 Å². The van der Waals surface area contributed by atoms with E-state index in [-0.39, 0.29) is 0 Å². The predicted molar refractivity (Wildman–Crippen MR) is 62.7 cm³/mol. The average Bonchev–Trinajstić information content (AvgIpc) is 2.78. The maximum atomic E-state index is 4.25. The Labute approximate surface area is 95.3 Å². The summed E-state index contributed by atoms with van der Waals surface area (Å²) in [4.78, 5) is 4.25. The van der Waals surface area contributed by atoms with E-state index in [1.165, 1.54) is 5.56 Å². The molecule has 0 atom stereocenters. The quantitative estimate of drug-likeness (QED) is 0.825. The summed E-state index contributed by atoms with van der Waals surface area (Å²) in [5, 5.41) is 7.56. The molecule has 4 nitrogen and oxygen atoms in total.